The molecule has 6 nitrogen and oxygen atoms in total. The Labute approximate surface area is 121 Å². The summed E-state index contributed by atoms with van der Waals surface area (Å²) < 4.78 is 3.59. The molecular formula is C15H14N4O2. The highest BCUT2D eigenvalue weighted by Crippen LogP contribution is 2.21. The highest BCUT2D eigenvalue weighted by molar-refractivity contribution is 5.88. The zero-order valence-corrected chi connectivity index (χ0v) is 11.7. The lowest BCUT2D eigenvalue weighted by atomic mass is 10.1. The van der Waals surface area contributed by atoms with Gasteiger partial charge in [-0.25, -0.2) is 14.5 Å². The number of carboxylic acid groups (broad SMARTS) is 1. The Balaban J connectivity index is 2.06. The molecule has 1 aromatic carbocycles. The van der Waals surface area contributed by atoms with Crippen LogP contribution >= 0.6 is 0 Å². The van der Waals surface area contributed by atoms with Gasteiger partial charge in [0.25, 0.3) is 0 Å². The molecule has 0 atom stereocenters. The average Bonchev–Trinajstić information content (AvgIpc) is 3.07. The lowest BCUT2D eigenvalue weighted by molar-refractivity contribution is 0.0697. The fraction of sp³-hybridized carbons (Fsp3) is 0.133. The number of hydrogen-bond donors (Lipinski definition) is 1. The second-order valence-electron chi connectivity index (χ2n) is 4.87. The highest BCUT2D eigenvalue weighted by atomic mass is 16.4. The number of carbonyl (C=O) groups is 1. The molecule has 0 fully saturated rings. The number of benzene rings is 1. The molecule has 3 rings (SSSR count). The van der Waals surface area contributed by atoms with Crippen molar-refractivity contribution < 1.29 is 9.90 Å². The van der Waals surface area contributed by atoms with Gasteiger partial charge in [0, 0.05) is 18.8 Å². The van der Waals surface area contributed by atoms with Crippen molar-refractivity contribution in [3.8, 4) is 16.9 Å². The van der Waals surface area contributed by atoms with Crippen molar-refractivity contribution in [2.45, 2.75) is 6.92 Å². The van der Waals surface area contributed by atoms with Crippen LogP contribution < -0.4 is 0 Å². The van der Waals surface area contributed by atoms with E-state index in [-0.39, 0.29) is 5.56 Å². The first-order valence-electron chi connectivity index (χ1n) is 6.42. The summed E-state index contributed by atoms with van der Waals surface area (Å²) >= 11 is 0. The van der Waals surface area contributed by atoms with Gasteiger partial charge in [0.05, 0.1) is 35.7 Å². The Morgan fingerprint density at radius 2 is 2.10 bits per heavy atom. The first-order valence-corrected chi connectivity index (χ1v) is 6.42. The van der Waals surface area contributed by atoms with E-state index in [0.717, 1.165) is 22.5 Å². The minimum atomic E-state index is -0.949. The van der Waals surface area contributed by atoms with Crippen molar-refractivity contribution >= 4 is 5.97 Å². The molecule has 2 aromatic heterocycles. The maximum absolute atomic E-state index is 11.1. The van der Waals surface area contributed by atoms with Gasteiger partial charge < -0.3 is 9.67 Å². The largest absolute Gasteiger partial charge is 0.478 e. The zero-order chi connectivity index (χ0) is 15.0. The highest BCUT2D eigenvalue weighted by Gasteiger charge is 2.11. The van der Waals surface area contributed by atoms with E-state index in [1.54, 1.807) is 41.6 Å². The molecule has 0 aliphatic carbocycles. The quantitative estimate of drug-likeness (QED) is 0.800. The number of rotatable bonds is 3. The van der Waals surface area contributed by atoms with Gasteiger partial charge in [-0.3, -0.25) is 0 Å². The van der Waals surface area contributed by atoms with Crippen LogP contribution in [0.25, 0.3) is 16.9 Å². The van der Waals surface area contributed by atoms with Gasteiger partial charge in [-0.15, -0.1) is 0 Å². The van der Waals surface area contributed by atoms with Gasteiger partial charge in [0.15, 0.2) is 0 Å². The van der Waals surface area contributed by atoms with E-state index < -0.39 is 5.97 Å². The monoisotopic (exact) mass is 282 g/mol. The van der Waals surface area contributed by atoms with Crippen molar-refractivity contribution in [1.29, 1.82) is 0 Å². The van der Waals surface area contributed by atoms with Gasteiger partial charge in [0.2, 0.25) is 0 Å². The summed E-state index contributed by atoms with van der Waals surface area (Å²) in [4.78, 5) is 15.2. The van der Waals surface area contributed by atoms with E-state index in [2.05, 4.69) is 10.1 Å². The van der Waals surface area contributed by atoms with Crippen LogP contribution in [-0.4, -0.2) is 30.4 Å². The molecule has 21 heavy (non-hydrogen) atoms. The molecular weight excluding hydrogens is 268 g/mol. The van der Waals surface area contributed by atoms with Crippen LogP contribution in [0.3, 0.4) is 0 Å². The first-order chi connectivity index (χ1) is 10.1. The number of aryl methyl sites for hydroxylation is 2. The summed E-state index contributed by atoms with van der Waals surface area (Å²) in [6.45, 7) is 1.92. The third kappa shape index (κ3) is 2.31. The van der Waals surface area contributed by atoms with Crippen molar-refractivity contribution in [3.05, 3.63) is 54.2 Å². The molecule has 0 bridgehead atoms. The second kappa shape index (κ2) is 4.90. The molecule has 0 saturated carbocycles. The van der Waals surface area contributed by atoms with E-state index in [0.29, 0.717) is 0 Å². The number of imidazole rings is 1. The van der Waals surface area contributed by atoms with Crippen molar-refractivity contribution in [3.63, 3.8) is 0 Å². The molecule has 0 saturated heterocycles. The average molecular weight is 282 g/mol. The Kier molecular flexibility index (Phi) is 3.06. The van der Waals surface area contributed by atoms with Crippen LogP contribution in [0.15, 0.2) is 43.1 Å². The maximum Gasteiger partial charge on any atom is 0.335 e. The van der Waals surface area contributed by atoms with E-state index >= 15 is 0 Å². The molecule has 1 N–H and O–H groups in total. The summed E-state index contributed by atoms with van der Waals surface area (Å²) in [5.74, 6) is -0.949. The number of carboxylic acids is 1. The summed E-state index contributed by atoms with van der Waals surface area (Å²) in [5, 5.41) is 13.4. The van der Waals surface area contributed by atoms with Crippen LogP contribution in [0.4, 0.5) is 0 Å². The fourth-order valence-electron chi connectivity index (χ4n) is 2.21. The molecule has 0 amide bonds. The van der Waals surface area contributed by atoms with Crippen LogP contribution in [0.5, 0.6) is 0 Å². The summed E-state index contributed by atoms with van der Waals surface area (Å²) in [5.41, 5.74) is 3.83. The van der Waals surface area contributed by atoms with E-state index in [9.17, 15) is 4.79 Å². The van der Waals surface area contributed by atoms with Crippen LogP contribution in [-0.2, 0) is 7.05 Å². The summed E-state index contributed by atoms with van der Waals surface area (Å²) in [6.07, 6.45) is 7.10. The van der Waals surface area contributed by atoms with Crippen LogP contribution in [0, 0.1) is 6.92 Å². The Bertz CT molecular complexity index is 817. The number of nitrogens with zero attached hydrogens (tertiary/aromatic N) is 4. The second-order valence-corrected chi connectivity index (χ2v) is 4.87. The van der Waals surface area contributed by atoms with Gasteiger partial charge in [-0.05, 0) is 24.6 Å². The predicted octanol–water partition coefficient (Wildman–Crippen LogP) is 2.28. The van der Waals surface area contributed by atoms with E-state index in [4.69, 9.17) is 5.11 Å². The Hall–Kier alpha value is -2.89. The molecule has 0 aliphatic rings. The molecule has 0 spiro atoms. The van der Waals surface area contributed by atoms with Gasteiger partial charge in [-0.2, -0.15) is 5.10 Å². The Morgan fingerprint density at radius 1 is 1.29 bits per heavy atom. The fourth-order valence-corrected chi connectivity index (χ4v) is 2.21. The molecule has 0 aliphatic heterocycles. The molecule has 0 radical (unpaired) electrons. The molecule has 2 heterocycles. The van der Waals surface area contributed by atoms with Gasteiger partial charge in [0.1, 0.15) is 0 Å². The lowest BCUT2D eigenvalue weighted by Gasteiger charge is -2.07. The summed E-state index contributed by atoms with van der Waals surface area (Å²) in [6, 6.07) is 4.99. The SMILES string of the molecule is Cc1ccc(C(=O)O)cc1-n1cc(-c2cncn2C)cn1. The number of aromatic carboxylic acids is 1. The van der Waals surface area contributed by atoms with E-state index in [1.807, 2.05) is 24.7 Å². The standard InChI is InChI=1S/C15H14N4O2/c1-10-3-4-11(15(20)21)5-13(10)19-8-12(6-17-19)14-7-16-9-18(14)2/h3-9H,1-2H3,(H,20,21). The first kappa shape index (κ1) is 13.1. The lowest BCUT2D eigenvalue weighted by Crippen LogP contribution is -2.02. The van der Waals surface area contributed by atoms with E-state index in [1.165, 1.54) is 0 Å². The number of hydrogen-bond acceptors (Lipinski definition) is 3. The third-order valence-electron chi connectivity index (χ3n) is 3.40. The van der Waals surface area contributed by atoms with Crippen LogP contribution in [0.1, 0.15) is 15.9 Å². The maximum atomic E-state index is 11.1. The normalized spacial score (nSPS) is 10.8. The predicted molar refractivity (Wildman–Crippen MR) is 77.5 cm³/mol. The van der Waals surface area contributed by atoms with Crippen LogP contribution in [0.2, 0.25) is 0 Å². The minimum Gasteiger partial charge on any atom is -0.478 e. The molecule has 0 unspecified atom stereocenters. The van der Waals surface area contributed by atoms with Crippen molar-refractivity contribution in [1.82, 2.24) is 19.3 Å². The van der Waals surface area contributed by atoms with Crippen molar-refractivity contribution in [2.75, 3.05) is 0 Å². The smallest absolute Gasteiger partial charge is 0.335 e. The molecule has 6 heteroatoms. The summed E-state index contributed by atoms with van der Waals surface area (Å²) in [7, 11) is 1.91. The molecule has 106 valence electrons. The van der Waals surface area contributed by atoms with Gasteiger partial charge >= 0.3 is 5.97 Å². The number of aromatic nitrogens is 4. The van der Waals surface area contributed by atoms with Crippen molar-refractivity contribution in [2.24, 2.45) is 7.05 Å². The molecule has 3 aromatic rings. The zero-order valence-electron chi connectivity index (χ0n) is 11.7. The topological polar surface area (TPSA) is 72.9 Å². The minimum absolute atomic E-state index is 0.244. The Morgan fingerprint density at radius 3 is 2.76 bits per heavy atom. The van der Waals surface area contributed by atoms with Gasteiger partial charge in [-0.1, -0.05) is 6.07 Å². The third-order valence-corrected chi connectivity index (χ3v) is 3.40.